The lowest BCUT2D eigenvalue weighted by atomic mass is 9.90. The summed E-state index contributed by atoms with van der Waals surface area (Å²) in [6.07, 6.45) is 3.69. The van der Waals surface area contributed by atoms with Gasteiger partial charge in [0.1, 0.15) is 0 Å². The van der Waals surface area contributed by atoms with Crippen molar-refractivity contribution in [2.75, 3.05) is 40.8 Å². The van der Waals surface area contributed by atoms with Crippen LogP contribution in [0.2, 0.25) is 0 Å². The number of H-pyrrole nitrogens is 1. The van der Waals surface area contributed by atoms with E-state index in [0.29, 0.717) is 0 Å². The number of likely N-dealkylation sites (tertiary alicyclic amines) is 1. The second-order valence-electron chi connectivity index (χ2n) is 5.93. The maximum absolute atomic E-state index is 11.7. The fraction of sp³-hybridized carbons (Fsp3) is 0.667. The smallest absolute Gasteiger partial charge is 0.252 e. The zero-order valence-electron chi connectivity index (χ0n) is 12.7. The zero-order chi connectivity index (χ0) is 14.6. The lowest BCUT2D eigenvalue weighted by Crippen LogP contribution is -2.50. The first-order chi connectivity index (χ1) is 9.54. The van der Waals surface area contributed by atoms with Crippen LogP contribution >= 0.6 is 0 Å². The maximum atomic E-state index is 11.7. The average Bonchev–Trinajstić information content (AvgIpc) is 2.43. The molecule has 1 N–H and O–H groups in total. The van der Waals surface area contributed by atoms with Crippen molar-refractivity contribution in [1.29, 1.82) is 0 Å². The molecule has 20 heavy (non-hydrogen) atoms. The molecular weight excluding hydrogens is 254 g/mol. The van der Waals surface area contributed by atoms with Crippen LogP contribution in [0.4, 0.5) is 0 Å². The van der Waals surface area contributed by atoms with E-state index in [4.69, 9.17) is 4.74 Å². The van der Waals surface area contributed by atoms with Gasteiger partial charge in [0.25, 0.3) is 5.56 Å². The van der Waals surface area contributed by atoms with Gasteiger partial charge in [-0.05, 0) is 33.0 Å². The van der Waals surface area contributed by atoms with Crippen LogP contribution in [0.1, 0.15) is 18.4 Å². The van der Waals surface area contributed by atoms with Crippen molar-refractivity contribution in [1.82, 2.24) is 14.8 Å². The van der Waals surface area contributed by atoms with E-state index in [1.54, 1.807) is 13.3 Å². The highest BCUT2D eigenvalue weighted by Crippen LogP contribution is 2.26. The number of hydrogen-bond donors (Lipinski definition) is 1. The number of rotatable bonds is 5. The molecule has 5 nitrogen and oxygen atoms in total. The zero-order valence-corrected chi connectivity index (χ0v) is 12.7. The monoisotopic (exact) mass is 279 g/mol. The summed E-state index contributed by atoms with van der Waals surface area (Å²) in [5.74, 6) is 0. The Balaban J connectivity index is 1.94. The number of piperidine rings is 1. The molecule has 2 rings (SSSR count). The summed E-state index contributed by atoms with van der Waals surface area (Å²) in [7, 11) is 5.97. The summed E-state index contributed by atoms with van der Waals surface area (Å²) in [4.78, 5) is 19.0. The van der Waals surface area contributed by atoms with Gasteiger partial charge in [0.15, 0.2) is 0 Å². The summed E-state index contributed by atoms with van der Waals surface area (Å²) in [5.41, 5.74) is 0.817. The van der Waals surface area contributed by atoms with Crippen LogP contribution in [0.15, 0.2) is 23.1 Å². The van der Waals surface area contributed by atoms with Gasteiger partial charge in [-0.25, -0.2) is 0 Å². The molecule has 1 saturated heterocycles. The number of pyridine rings is 1. The summed E-state index contributed by atoms with van der Waals surface area (Å²) < 4.78 is 5.78. The van der Waals surface area contributed by atoms with E-state index in [0.717, 1.165) is 44.6 Å². The molecule has 2 heterocycles. The fourth-order valence-corrected chi connectivity index (χ4v) is 2.94. The van der Waals surface area contributed by atoms with Crippen LogP contribution in [-0.4, -0.2) is 61.2 Å². The van der Waals surface area contributed by atoms with E-state index in [1.165, 1.54) is 0 Å². The molecule has 1 fully saturated rings. The quantitative estimate of drug-likeness (QED) is 0.870. The summed E-state index contributed by atoms with van der Waals surface area (Å²) in [6, 6.07) is 3.78. The van der Waals surface area contributed by atoms with Gasteiger partial charge in [-0.3, -0.25) is 9.69 Å². The second kappa shape index (κ2) is 6.52. The van der Waals surface area contributed by atoms with Crippen LogP contribution < -0.4 is 5.56 Å². The molecule has 0 unspecified atom stereocenters. The van der Waals surface area contributed by atoms with Crippen LogP contribution in [0, 0.1) is 0 Å². The molecule has 0 spiro atoms. The van der Waals surface area contributed by atoms with Gasteiger partial charge in [0, 0.05) is 45.0 Å². The van der Waals surface area contributed by atoms with Crippen LogP contribution in [-0.2, 0) is 11.3 Å². The van der Waals surface area contributed by atoms with Crippen molar-refractivity contribution in [2.24, 2.45) is 0 Å². The van der Waals surface area contributed by atoms with Crippen LogP contribution in [0.25, 0.3) is 0 Å². The summed E-state index contributed by atoms with van der Waals surface area (Å²) in [5, 5.41) is 0. The van der Waals surface area contributed by atoms with Gasteiger partial charge < -0.3 is 14.6 Å². The van der Waals surface area contributed by atoms with Gasteiger partial charge in [0.2, 0.25) is 0 Å². The van der Waals surface area contributed by atoms with Crippen molar-refractivity contribution in [3.8, 4) is 0 Å². The van der Waals surface area contributed by atoms with Crippen molar-refractivity contribution < 1.29 is 4.74 Å². The van der Waals surface area contributed by atoms with E-state index in [-0.39, 0.29) is 11.2 Å². The molecule has 0 amide bonds. The van der Waals surface area contributed by atoms with Crippen molar-refractivity contribution >= 4 is 0 Å². The number of hydrogen-bond acceptors (Lipinski definition) is 4. The number of aromatic nitrogens is 1. The standard InChI is InChI=1S/C15H25N3O2/c1-17(2)12-15(20-3)6-9-18(10-7-15)11-13-5-4-8-16-14(13)19/h4-5,8H,6-7,9-12H2,1-3H3,(H,16,19). The molecular formula is C15H25N3O2. The van der Waals surface area contributed by atoms with Crippen LogP contribution in [0.3, 0.4) is 0 Å². The van der Waals surface area contributed by atoms with Crippen molar-refractivity contribution in [3.05, 3.63) is 34.2 Å². The highest BCUT2D eigenvalue weighted by atomic mass is 16.5. The van der Waals surface area contributed by atoms with E-state index >= 15 is 0 Å². The Morgan fingerprint density at radius 3 is 2.65 bits per heavy atom. The molecule has 1 aromatic rings. The molecule has 5 heteroatoms. The van der Waals surface area contributed by atoms with E-state index < -0.39 is 0 Å². The molecule has 1 aliphatic heterocycles. The molecule has 1 aromatic heterocycles. The van der Waals surface area contributed by atoms with E-state index in [2.05, 4.69) is 28.9 Å². The number of aromatic amines is 1. The highest BCUT2D eigenvalue weighted by molar-refractivity contribution is 5.09. The Kier molecular flexibility index (Phi) is 4.96. The van der Waals surface area contributed by atoms with E-state index in [1.807, 2.05) is 12.1 Å². The first kappa shape index (κ1) is 15.2. The fourth-order valence-electron chi connectivity index (χ4n) is 2.94. The number of nitrogens with one attached hydrogen (secondary N) is 1. The number of nitrogens with zero attached hydrogens (tertiary/aromatic N) is 2. The average molecular weight is 279 g/mol. The third-order valence-electron chi connectivity index (χ3n) is 4.10. The predicted octanol–water partition coefficient (Wildman–Crippen LogP) is 0.917. The topological polar surface area (TPSA) is 48.6 Å². The summed E-state index contributed by atoms with van der Waals surface area (Å²) in [6.45, 7) is 3.60. The Morgan fingerprint density at radius 1 is 1.40 bits per heavy atom. The number of ether oxygens (including phenoxy) is 1. The Morgan fingerprint density at radius 2 is 2.10 bits per heavy atom. The Hall–Kier alpha value is -1.17. The first-order valence-electron chi connectivity index (χ1n) is 7.13. The number of methoxy groups -OCH3 is 1. The Bertz CT molecular complexity index is 476. The minimum absolute atomic E-state index is 0.0179. The molecule has 0 bridgehead atoms. The largest absolute Gasteiger partial charge is 0.377 e. The van der Waals surface area contributed by atoms with Gasteiger partial charge in [-0.2, -0.15) is 0 Å². The minimum atomic E-state index is -0.0386. The van der Waals surface area contributed by atoms with Crippen molar-refractivity contribution in [2.45, 2.75) is 25.0 Å². The maximum Gasteiger partial charge on any atom is 0.252 e. The number of likely N-dealkylation sites (N-methyl/N-ethyl adjacent to an activating group) is 1. The summed E-state index contributed by atoms with van der Waals surface area (Å²) >= 11 is 0. The van der Waals surface area contributed by atoms with Gasteiger partial charge in [0.05, 0.1) is 5.60 Å². The first-order valence-corrected chi connectivity index (χ1v) is 7.13. The third-order valence-corrected chi connectivity index (χ3v) is 4.10. The molecule has 0 radical (unpaired) electrons. The second-order valence-corrected chi connectivity index (χ2v) is 5.93. The SMILES string of the molecule is COC1(CN(C)C)CCN(Cc2ccc[nH]c2=O)CC1. The normalized spacial score (nSPS) is 19.4. The molecule has 0 aliphatic carbocycles. The lowest BCUT2D eigenvalue weighted by molar-refractivity contribution is -0.0712. The lowest BCUT2D eigenvalue weighted by Gasteiger charge is -2.42. The third kappa shape index (κ3) is 3.69. The Labute approximate surface area is 120 Å². The van der Waals surface area contributed by atoms with Gasteiger partial charge >= 0.3 is 0 Å². The molecule has 0 atom stereocenters. The molecule has 112 valence electrons. The van der Waals surface area contributed by atoms with E-state index in [9.17, 15) is 4.79 Å². The highest BCUT2D eigenvalue weighted by Gasteiger charge is 2.35. The molecule has 0 saturated carbocycles. The van der Waals surface area contributed by atoms with Crippen LogP contribution in [0.5, 0.6) is 0 Å². The minimum Gasteiger partial charge on any atom is -0.377 e. The van der Waals surface area contributed by atoms with Gasteiger partial charge in [-0.15, -0.1) is 0 Å². The molecule has 0 aromatic carbocycles. The molecule has 1 aliphatic rings. The predicted molar refractivity (Wildman–Crippen MR) is 79.9 cm³/mol. The van der Waals surface area contributed by atoms with Crippen molar-refractivity contribution in [3.63, 3.8) is 0 Å². The van der Waals surface area contributed by atoms with Gasteiger partial charge in [-0.1, -0.05) is 6.07 Å².